The van der Waals surface area contributed by atoms with Crippen LogP contribution < -0.4 is 19.5 Å². The summed E-state index contributed by atoms with van der Waals surface area (Å²) in [5.74, 6) is 0.901. The van der Waals surface area contributed by atoms with E-state index in [2.05, 4.69) is 10.3 Å². The molecular weight excluding hydrogens is 419 g/mol. The smallest absolute Gasteiger partial charge is 0.244 e. The summed E-state index contributed by atoms with van der Waals surface area (Å²) in [4.78, 5) is 17.6. The van der Waals surface area contributed by atoms with Gasteiger partial charge in [0.05, 0.1) is 33.6 Å². The minimum atomic E-state index is -0.319. The van der Waals surface area contributed by atoms with E-state index in [0.29, 0.717) is 34.4 Å². The van der Waals surface area contributed by atoms with Crippen LogP contribution in [0.5, 0.6) is 17.2 Å². The molecule has 0 aliphatic rings. The molecule has 0 unspecified atom stereocenters. The van der Waals surface area contributed by atoms with Crippen LogP contribution in [0.3, 0.4) is 0 Å². The molecule has 1 N–H and O–H groups in total. The van der Waals surface area contributed by atoms with Crippen molar-refractivity contribution in [2.75, 3.05) is 21.3 Å². The third-order valence-corrected chi connectivity index (χ3v) is 5.73. The molecule has 0 fully saturated rings. The van der Waals surface area contributed by atoms with Gasteiger partial charge in [-0.15, -0.1) is 11.3 Å². The van der Waals surface area contributed by atoms with Gasteiger partial charge in [-0.2, -0.15) is 0 Å². The van der Waals surface area contributed by atoms with Crippen molar-refractivity contribution in [3.63, 3.8) is 0 Å². The molecule has 1 aromatic heterocycles. The fraction of sp³-hybridized carbons (Fsp3) is 0.217. The zero-order valence-corrected chi connectivity index (χ0v) is 18.5. The van der Waals surface area contributed by atoms with Crippen LogP contribution in [0.25, 0.3) is 16.6 Å². The highest BCUT2D eigenvalue weighted by Gasteiger charge is 2.14. The number of nitrogens with zero attached hydrogens (tertiary/aromatic N) is 1. The Morgan fingerprint density at radius 2 is 1.81 bits per heavy atom. The van der Waals surface area contributed by atoms with Crippen LogP contribution in [-0.4, -0.2) is 32.2 Å². The molecule has 0 radical (unpaired) electrons. The van der Waals surface area contributed by atoms with Crippen molar-refractivity contribution in [1.82, 2.24) is 10.3 Å². The fourth-order valence-electron chi connectivity index (χ4n) is 2.94. The summed E-state index contributed by atoms with van der Waals surface area (Å²) in [7, 11) is 4.59. The average molecular weight is 443 g/mol. The Morgan fingerprint density at radius 1 is 1.13 bits per heavy atom. The molecule has 31 heavy (non-hydrogen) atoms. The molecule has 3 aromatic rings. The number of carbonyl (C=O) groups excluding carboxylic acids is 1. The molecule has 0 aliphatic carbocycles. The summed E-state index contributed by atoms with van der Waals surface area (Å²) >= 11 is 1.36. The van der Waals surface area contributed by atoms with Crippen LogP contribution in [0.15, 0.2) is 42.5 Å². The van der Waals surface area contributed by atoms with E-state index in [-0.39, 0.29) is 11.7 Å². The number of aryl methyl sites for hydroxylation is 1. The lowest BCUT2D eigenvalue weighted by molar-refractivity contribution is -0.116. The van der Waals surface area contributed by atoms with Gasteiger partial charge >= 0.3 is 0 Å². The monoisotopic (exact) mass is 442 g/mol. The number of nitrogens with one attached hydrogen (secondary N) is 1. The third-order valence-electron chi connectivity index (χ3n) is 4.53. The molecule has 8 heteroatoms. The maximum atomic E-state index is 14.0. The second-order valence-corrected chi connectivity index (χ2v) is 7.60. The van der Waals surface area contributed by atoms with E-state index in [1.165, 1.54) is 44.8 Å². The molecule has 0 aliphatic heterocycles. The van der Waals surface area contributed by atoms with Crippen molar-refractivity contribution in [1.29, 1.82) is 0 Å². The zero-order chi connectivity index (χ0) is 22.4. The lowest BCUT2D eigenvalue weighted by Crippen LogP contribution is -2.20. The number of thiazole rings is 1. The number of methoxy groups -OCH3 is 3. The molecule has 0 bridgehead atoms. The number of hydrogen-bond acceptors (Lipinski definition) is 6. The number of carbonyl (C=O) groups is 1. The van der Waals surface area contributed by atoms with Crippen molar-refractivity contribution in [2.24, 2.45) is 0 Å². The summed E-state index contributed by atoms with van der Waals surface area (Å²) in [6.07, 6.45) is 3.08. The van der Waals surface area contributed by atoms with Crippen LogP contribution in [0.2, 0.25) is 0 Å². The summed E-state index contributed by atoms with van der Waals surface area (Å²) in [5.41, 5.74) is 1.94. The van der Waals surface area contributed by atoms with Gasteiger partial charge in [0.1, 0.15) is 10.8 Å². The highest BCUT2D eigenvalue weighted by atomic mass is 32.1. The first-order valence-electron chi connectivity index (χ1n) is 9.44. The number of benzene rings is 2. The highest BCUT2D eigenvalue weighted by molar-refractivity contribution is 7.15. The molecule has 0 atom stereocenters. The Bertz CT molecular complexity index is 1090. The minimum absolute atomic E-state index is 0.269. The quantitative estimate of drug-likeness (QED) is 0.516. The van der Waals surface area contributed by atoms with Gasteiger partial charge in [-0.3, -0.25) is 4.79 Å². The summed E-state index contributed by atoms with van der Waals surface area (Å²) in [5, 5.41) is 3.42. The van der Waals surface area contributed by atoms with Crippen molar-refractivity contribution < 1.29 is 23.4 Å². The van der Waals surface area contributed by atoms with Gasteiger partial charge < -0.3 is 19.5 Å². The lowest BCUT2D eigenvalue weighted by atomic mass is 10.1. The van der Waals surface area contributed by atoms with E-state index in [4.69, 9.17) is 14.2 Å². The Morgan fingerprint density at radius 3 is 2.42 bits per heavy atom. The number of hydrogen-bond donors (Lipinski definition) is 1. The Labute approximate surface area is 184 Å². The second-order valence-electron chi connectivity index (χ2n) is 6.52. The maximum Gasteiger partial charge on any atom is 0.244 e. The number of aromatic nitrogens is 1. The second kappa shape index (κ2) is 10.1. The van der Waals surface area contributed by atoms with Crippen LogP contribution in [0.4, 0.5) is 4.39 Å². The Hall–Kier alpha value is -3.39. The number of amides is 1. The molecule has 1 heterocycles. The van der Waals surface area contributed by atoms with Gasteiger partial charge in [0.2, 0.25) is 11.7 Å². The third kappa shape index (κ3) is 5.21. The standard InChI is InChI=1S/C23H23FN2O4S/c1-14-20(31-23(26-14)16-7-5-6-8-17(16)24)13-25-21(27)10-9-15-11-18(28-2)22(30-4)19(12-15)29-3/h5-12H,13H2,1-4H3,(H,25,27)/b10-9+. The van der Waals surface area contributed by atoms with Gasteiger partial charge in [0.25, 0.3) is 0 Å². The van der Waals surface area contributed by atoms with E-state index in [1.807, 2.05) is 6.92 Å². The lowest BCUT2D eigenvalue weighted by Gasteiger charge is -2.12. The van der Waals surface area contributed by atoms with Crippen molar-refractivity contribution in [2.45, 2.75) is 13.5 Å². The topological polar surface area (TPSA) is 69.7 Å². The Balaban J connectivity index is 1.68. The molecule has 6 nitrogen and oxygen atoms in total. The van der Waals surface area contributed by atoms with Crippen LogP contribution >= 0.6 is 11.3 Å². The minimum Gasteiger partial charge on any atom is -0.493 e. The van der Waals surface area contributed by atoms with Gasteiger partial charge in [-0.25, -0.2) is 9.37 Å². The fourth-order valence-corrected chi connectivity index (χ4v) is 3.97. The molecule has 0 saturated heterocycles. The first-order chi connectivity index (χ1) is 15.0. The summed E-state index contributed by atoms with van der Waals surface area (Å²) in [6.45, 7) is 2.14. The van der Waals surface area contributed by atoms with Gasteiger partial charge in [0, 0.05) is 16.5 Å². The highest BCUT2D eigenvalue weighted by Crippen LogP contribution is 2.38. The molecule has 0 spiro atoms. The normalized spacial score (nSPS) is 10.9. The predicted molar refractivity (Wildman–Crippen MR) is 119 cm³/mol. The van der Waals surface area contributed by atoms with E-state index >= 15 is 0 Å². The van der Waals surface area contributed by atoms with Crippen LogP contribution in [0.1, 0.15) is 16.1 Å². The number of halogens is 1. The van der Waals surface area contributed by atoms with E-state index in [1.54, 1.807) is 36.4 Å². The van der Waals surface area contributed by atoms with Gasteiger partial charge in [0.15, 0.2) is 11.5 Å². The van der Waals surface area contributed by atoms with Crippen molar-refractivity contribution in [3.05, 3.63) is 64.4 Å². The van der Waals surface area contributed by atoms with E-state index in [9.17, 15) is 9.18 Å². The molecule has 0 saturated carbocycles. The van der Waals surface area contributed by atoms with Gasteiger partial charge in [-0.1, -0.05) is 12.1 Å². The molecule has 3 rings (SSSR count). The number of ether oxygens (including phenoxy) is 3. The largest absolute Gasteiger partial charge is 0.493 e. The summed E-state index contributed by atoms with van der Waals surface area (Å²) in [6, 6.07) is 10.0. The van der Waals surface area contributed by atoms with Crippen LogP contribution in [-0.2, 0) is 11.3 Å². The summed E-state index contributed by atoms with van der Waals surface area (Å²) < 4.78 is 29.9. The molecule has 1 amide bonds. The van der Waals surface area contributed by atoms with E-state index < -0.39 is 0 Å². The van der Waals surface area contributed by atoms with Crippen molar-refractivity contribution in [3.8, 4) is 27.8 Å². The van der Waals surface area contributed by atoms with Crippen molar-refractivity contribution >= 4 is 23.3 Å². The molecular formula is C23H23FN2O4S. The maximum absolute atomic E-state index is 14.0. The van der Waals surface area contributed by atoms with Crippen LogP contribution in [0, 0.1) is 12.7 Å². The Kier molecular flexibility index (Phi) is 7.25. The van der Waals surface area contributed by atoms with E-state index in [0.717, 1.165) is 16.1 Å². The first kappa shape index (κ1) is 22.3. The predicted octanol–water partition coefficient (Wildman–Crippen LogP) is 4.61. The molecule has 2 aromatic carbocycles. The molecule has 162 valence electrons. The SMILES string of the molecule is COc1cc(/C=C/C(=O)NCc2sc(-c3ccccc3F)nc2C)cc(OC)c1OC. The first-order valence-corrected chi connectivity index (χ1v) is 10.3. The van der Waals surface area contributed by atoms with Gasteiger partial charge in [-0.05, 0) is 42.8 Å². The average Bonchev–Trinajstić information content (AvgIpc) is 3.15. The number of rotatable bonds is 8. The zero-order valence-electron chi connectivity index (χ0n) is 17.7.